The molecule has 0 heterocycles. The van der Waals surface area contributed by atoms with Crippen molar-refractivity contribution in [3.8, 4) is 0 Å². The zero-order valence-corrected chi connectivity index (χ0v) is 37.5. The summed E-state index contributed by atoms with van der Waals surface area (Å²) in [5.41, 5.74) is 0. The lowest BCUT2D eigenvalue weighted by Gasteiger charge is -2.20. The number of hydrogen-bond donors (Lipinski definition) is 3. The summed E-state index contributed by atoms with van der Waals surface area (Å²) in [7, 11) is 0. The second-order valence-corrected chi connectivity index (χ2v) is 17.2. The van der Waals surface area contributed by atoms with Crippen molar-refractivity contribution in [1.29, 1.82) is 0 Å². The van der Waals surface area contributed by atoms with Gasteiger partial charge in [0.05, 0.1) is 18.8 Å². The normalized spacial score (nSPS) is 13.0. The SMILES string of the molecule is CCCCCCCCCCC/C=C/C(O)C(CO)NC(=O)CCCCCCCCCCCCCCCCCC/C=C\CCCCCCCCCCCCCC. The summed E-state index contributed by atoms with van der Waals surface area (Å²) in [6.45, 7) is 4.31. The summed E-state index contributed by atoms with van der Waals surface area (Å²) in [5, 5.41) is 23.0. The smallest absolute Gasteiger partial charge is 0.220 e. The third-order valence-corrected chi connectivity index (χ3v) is 11.7. The number of unbranched alkanes of at least 4 members (excludes halogenated alkanes) is 37. The van der Waals surface area contributed by atoms with Crippen LogP contribution >= 0.6 is 0 Å². The van der Waals surface area contributed by atoms with Gasteiger partial charge in [0, 0.05) is 6.42 Å². The lowest BCUT2D eigenvalue weighted by atomic mass is 10.0. The Balaban J connectivity index is 3.41. The maximum atomic E-state index is 12.4. The van der Waals surface area contributed by atoms with Crippen molar-refractivity contribution in [3.05, 3.63) is 24.3 Å². The van der Waals surface area contributed by atoms with Crippen molar-refractivity contribution in [2.75, 3.05) is 6.61 Å². The lowest BCUT2D eigenvalue weighted by molar-refractivity contribution is -0.123. The Bertz CT molecular complexity index is 795. The van der Waals surface area contributed by atoms with E-state index in [1.165, 1.54) is 231 Å². The van der Waals surface area contributed by atoms with Gasteiger partial charge in [-0.2, -0.15) is 0 Å². The van der Waals surface area contributed by atoms with Crippen LogP contribution in [0.15, 0.2) is 24.3 Å². The van der Waals surface area contributed by atoms with Crippen molar-refractivity contribution in [3.63, 3.8) is 0 Å². The van der Waals surface area contributed by atoms with Crippen LogP contribution in [0.1, 0.15) is 277 Å². The number of amides is 1. The minimum Gasteiger partial charge on any atom is -0.394 e. The molecule has 0 saturated carbocycles. The Morgan fingerprint density at radius 1 is 0.418 bits per heavy atom. The van der Waals surface area contributed by atoms with E-state index >= 15 is 0 Å². The Hall–Kier alpha value is -1.13. The van der Waals surface area contributed by atoms with Gasteiger partial charge in [-0.05, 0) is 44.9 Å². The van der Waals surface area contributed by atoms with E-state index in [0.29, 0.717) is 6.42 Å². The van der Waals surface area contributed by atoms with E-state index in [4.69, 9.17) is 0 Å². The molecule has 1 amide bonds. The zero-order chi connectivity index (χ0) is 40.0. The van der Waals surface area contributed by atoms with E-state index < -0.39 is 12.1 Å². The zero-order valence-electron chi connectivity index (χ0n) is 37.5. The van der Waals surface area contributed by atoms with E-state index in [1.54, 1.807) is 6.08 Å². The van der Waals surface area contributed by atoms with Crippen LogP contribution in [-0.2, 0) is 4.79 Å². The quantitative estimate of drug-likeness (QED) is 0.0426. The molecule has 0 aliphatic rings. The van der Waals surface area contributed by atoms with Crippen LogP contribution in [0.2, 0.25) is 0 Å². The van der Waals surface area contributed by atoms with Gasteiger partial charge in [0.25, 0.3) is 0 Å². The van der Waals surface area contributed by atoms with Gasteiger partial charge in [-0.1, -0.05) is 250 Å². The van der Waals surface area contributed by atoms with Crippen molar-refractivity contribution >= 4 is 5.91 Å². The van der Waals surface area contributed by atoms with E-state index in [2.05, 4.69) is 31.3 Å². The van der Waals surface area contributed by atoms with Crippen molar-refractivity contribution < 1.29 is 15.0 Å². The Morgan fingerprint density at radius 3 is 1.00 bits per heavy atom. The van der Waals surface area contributed by atoms with Gasteiger partial charge in [-0.15, -0.1) is 0 Å². The highest BCUT2D eigenvalue weighted by molar-refractivity contribution is 5.76. The van der Waals surface area contributed by atoms with Gasteiger partial charge in [0.15, 0.2) is 0 Å². The van der Waals surface area contributed by atoms with E-state index in [0.717, 1.165) is 25.7 Å². The van der Waals surface area contributed by atoms with Crippen molar-refractivity contribution in [2.45, 2.75) is 289 Å². The highest BCUT2D eigenvalue weighted by atomic mass is 16.3. The topological polar surface area (TPSA) is 69.6 Å². The van der Waals surface area contributed by atoms with Gasteiger partial charge < -0.3 is 15.5 Å². The molecule has 0 aliphatic heterocycles. The van der Waals surface area contributed by atoms with Gasteiger partial charge in [-0.3, -0.25) is 4.79 Å². The number of carbonyl (C=O) groups is 1. The standard InChI is InChI=1S/C51H99NO3/c1-3-5-7-9-11-13-15-16-17-18-19-20-21-22-23-24-25-26-27-28-29-30-31-32-33-34-35-37-39-41-43-45-47-51(55)52-49(48-53)50(54)46-44-42-40-38-36-14-12-10-8-6-4-2/h22-23,44,46,49-50,53-54H,3-21,24-43,45,47-48H2,1-2H3,(H,52,55)/b23-22-,46-44+. The molecule has 4 nitrogen and oxygen atoms in total. The fourth-order valence-corrected chi connectivity index (χ4v) is 7.82. The fourth-order valence-electron chi connectivity index (χ4n) is 7.82. The summed E-state index contributed by atoms with van der Waals surface area (Å²) in [4.78, 5) is 12.4. The molecule has 0 aromatic rings. The molecule has 2 unspecified atom stereocenters. The first-order chi connectivity index (χ1) is 27.2. The molecule has 0 bridgehead atoms. The average molecular weight is 774 g/mol. The number of carbonyl (C=O) groups excluding carboxylic acids is 1. The number of rotatable bonds is 46. The second-order valence-electron chi connectivity index (χ2n) is 17.2. The number of allylic oxidation sites excluding steroid dienone is 3. The predicted octanol–water partition coefficient (Wildman–Crippen LogP) is 16.0. The van der Waals surface area contributed by atoms with Crippen LogP contribution in [-0.4, -0.2) is 34.9 Å². The molecule has 4 heteroatoms. The van der Waals surface area contributed by atoms with Gasteiger partial charge in [0.2, 0.25) is 5.91 Å². The highest BCUT2D eigenvalue weighted by Crippen LogP contribution is 2.16. The number of aliphatic hydroxyl groups excluding tert-OH is 2. The third kappa shape index (κ3) is 43.8. The first-order valence-corrected chi connectivity index (χ1v) is 25.1. The number of nitrogens with one attached hydrogen (secondary N) is 1. The molecule has 0 fully saturated rings. The predicted molar refractivity (Wildman–Crippen MR) is 244 cm³/mol. The Morgan fingerprint density at radius 2 is 0.691 bits per heavy atom. The van der Waals surface area contributed by atoms with E-state index in [1.807, 2.05) is 6.08 Å². The van der Waals surface area contributed by atoms with Crippen LogP contribution in [0.5, 0.6) is 0 Å². The molecule has 3 N–H and O–H groups in total. The van der Waals surface area contributed by atoms with Crippen LogP contribution in [0.25, 0.3) is 0 Å². The van der Waals surface area contributed by atoms with E-state index in [9.17, 15) is 15.0 Å². The lowest BCUT2D eigenvalue weighted by Crippen LogP contribution is -2.45. The Kier molecular flexibility index (Phi) is 46.3. The van der Waals surface area contributed by atoms with E-state index in [-0.39, 0.29) is 12.5 Å². The maximum absolute atomic E-state index is 12.4. The van der Waals surface area contributed by atoms with Gasteiger partial charge in [0.1, 0.15) is 0 Å². The fraction of sp³-hybridized carbons (Fsp3) is 0.902. The molecule has 2 atom stereocenters. The first-order valence-electron chi connectivity index (χ1n) is 25.1. The highest BCUT2D eigenvalue weighted by Gasteiger charge is 2.18. The maximum Gasteiger partial charge on any atom is 0.220 e. The summed E-state index contributed by atoms with van der Waals surface area (Å²) in [6.07, 6.45) is 61.8. The minimum atomic E-state index is -0.834. The molecule has 0 aliphatic carbocycles. The van der Waals surface area contributed by atoms with Gasteiger partial charge in [-0.25, -0.2) is 0 Å². The van der Waals surface area contributed by atoms with Crippen molar-refractivity contribution in [1.82, 2.24) is 5.32 Å². The molecule has 0 radical (unpaired) electrons. The number of aliphatic hydroxyl groups is 2. The van der Waals surface area contributed by atoms with Crippen LogP contribution in [0.3, 0.4) is 0 Å². The minimum absolute atomic E-state index is 0.0616. The molecule has 0 saturated heterocycles. The largest absolute Gasteiger partial charge is 0.394 e. The molecular formula is C51H99NO3. The van der Waals surface area contributed by atoms with Crippen molar-refractivity contribution in [2.24, 2.45) is 0 Å². The number of hydrogen-bond acceptors (Lipinski definition) is 3. The molecule has 55 heavy (non-hydrogen) atoms. The molecule has 0 aromatic carbocycles. The molecule has 0 rings (SSSR count). The summed E-state index contributed by atoms with van der Waals surface area (Å²) in [6, 6.07) is -0.618. The van der Waals surface area contributed by atoms with Crippen LogP contribution in [0, 0.1) is 0 Å². The third-order valence-electron chi connectivity index (χ3n) is 11.7. The monoisotopic (exact) mass is 774 g/mol. The molecular weight excluding hydrogens is 675 g/mol. The molecule has 0 aromatic heterocycles. The summed E-state index contributed by atoms with van der Waals surface area (Å²) < 4.78 is 0. The molecule has 326 valence electrons. The summed E-state index contributed by atoms with van der Waals surface area (Å²) >= 11 is 0. The van der Waals surface area contributed by atoms with Gasteiger partial charge >= 0.3 is 0 Å². The van der Waals surface area contributed by atoms with Crippen LogP contribution in [0.4, 0.5) is 0 Å². The average Bonchev–Trinajstić information content (AvgIpc) is 3.19. The first kappa shape index (κ1) is 53.9. The molecule has 0 spiro atoms. The second kappa shape index (κ2) is 47.2. The summed E-state index contributed by atoms with van der Waals surface area (Å²) in [5.74, 6) is -0.0616. The Labute approximate surface area is 345 Å². The van der Waals surface area contributed by atoms with Crippen LogP contribution < -0.4 is 5.32 Å².